The van der Waals surface area contributed by atoms with E-state index in [1.165, 1.54) is 39.9 Å². The van der Waals surface area contributed by atoms with Crippen LogP contribution in [0.15, 0.2) is 5.16 Å². The molecule has 0 aromatic carbocycles. The minimum atomic E-state index is -0.202. The number of aryl methyl sites for hydroxylation is 2. The van der Waals surface area contributed by atoms with Crippen LogP contribution in [0.25, 0.3) is 10.2 Å². The van der Waals surface area contributed by atoms with Crippen molar-refractivity contribution < 1.29 is 9.59 Å². The first-order valence-corrected chi connectivity index (χ1v) is 9.95. The molecule has 0 fully saturated rings. The number of hydrogen-bond acceptors (Lipinski definition) is 7. The molecule has 2 aromatic heterocycles. The molecule has 2 amide bonds. The molecule has 1 aliphatic carbocycles. The molecule has 2 aromatic rings. The first-order valence-electron chi connectivity index (χ1n) is 8.14. The van der Waals surface area contributed by atoms with Gasteiger partial charge in [-0.05, 0) is 31.2 Å². The lowest BCUT2D eigenvalue weighted by molar-refractivity contribution is -0.132. The van der Waals surface area contributed by atoms with Gasteiger partial charge in [0.2, 0.25) is 11.8 Å². The second-order valence-electron chi connectivity index (χ2n) is 5.99. The summed E-state index contributed by atoms with van der Waals surface area (Å²) < 4.78 is 0. The van der Waals surface area contributed by atoms with Gasteiger partial charge in [0, 0.05) is 19.0 Å². The molecule has 0 bridgehead atoms. The number of carbonyl (C=O) groups is 2. The Hall–Kier alpha value is -1.87. The number of nitrogens with two attached hydrogens (primary N) is 1. The number of nitrogens with zero attached hydrogens (tertiary/aromatic N) is 3. The Bertz CT molecular complexity index is 820. The number of hydrogen-bond donors (Lipinski definition) is 2. The number of amides is 2. The third-order valence-electron chi connectivity index (χ3n) is 4.23. The van der Waals surface area contributed by atoms with Crippen molar-refractivity contribution in [2.75, 3.05) is 32.1 Å². The van der Waals surface area contributed by atoms with E-state index in [9.17, 15) is 9.59 Å². The minimum absolute atomic E-state index is 0.0373. The molecule has 0 saturated heterocycles. The molecule has 0 unspecified atom stereocenters. The van der Waals surface area contributed by atoms with Crippen LogP contribution in [0.5, 0.6) is 0 Å². The van der Waals surface area contributed by atoms with Gasteiger partial charge < -0.3 is 16.0 Å². The summed E-state index contributed by atoms with van der Waals surface area (Å²) in [6, 6.07) is 0. The number of carbonyl (C=O) groups excluding carboxylic acids is 2. The number of anilines is 1. The molecule has 0 radical (unpaired) electrons. The average Bonchev–Trinajstić information content (AvgIpc) is 2.98. The third-order valence-corrected chi connectivity index (χ3v) is 6.25. The first-order chi connectivity index (χ1) is 12.0. The summed E-state index contributed by atoms with van der Waals surface area (Å²) in [6.07, 6.45) is 4.51. The van der Waals surface area contributed by atoms with Gasteiger partial charge in [0.15, 0.2) is 5.16 Å². The number of rotatable bonds is 5. The van der Waals surface area contributed by atoms with Gasteiger partial charge >= 0.3 is 0 Å². The van der Waals surface area contributed by atoms with Gasteiger partial charge in [0.25, 0.3) is 0 Å². The molecule has 7 nitrogen and oxygen atoms in total. The summed E-state index contributed by atoms with van der Waals surface area (Å²) in [7, 11) is 3.14. The van der Waals surface area contributed by atoms with Crippen LogP contribution in [0, 0.1) is 0 Å². The van der Waals surface area contributed by atoms with Crippen molar-refractivity contribution in [3.8, 4) is 0 Å². The predicted molar refractivity (Wildman–Crippen MR) is 101 cm³/mol. The monoisotopic (exact) mass is 379 g/mol. The van der Waals surface area contributed by atoms with Crippen molar-refractivity contribution in [3.05, 3.63) is 10.4 Å². The highest BCUT2D eigenvalue weighted by Gasteiger charge is 2.21. The standard InChI is InChI=1S/C16H21N5O2S2/c1-18-11(22)7-21(2)12(23)8-24-16-19-14(17)13-9-5-3-4-6-10(9)25-15(13)20-16/h3-8H2,1-2H3,(H,18,22)(H2,17,19,20). The Morgan fingerprint density at radius 3 is 2.84 bits per heavy atom. The van der Waals surface area contributed by atoms with Crippen LogP contribution in [-0.4, -0.2) is 53.1 Å². The summed E-state index contributed by atoms with van der Waals surface area (Å²) in [5.41, 5.74) is 7.48. The second-order valence-corrected chi connectivity index (χ2v) is 8.02. The van der Waals surface area contributed by atoms with Crippen molar-refractivity contribution >= 4 is 50.9 Å². The molecule has 0 saturated carbocycles. The van der Waals surface area contributed by atoms with Crippen molar-refractivity contribution in [2.45, 2.75) is 30.8 Å². The van der Waals surface area contributed by atoms with Crippen molar-refractivity contribution in [1.82, 2.24) is 20.2 Å². The van der Waals surface area contributed by atoms with Gasteiger partial charge in [-0.3, -0.25) is 9.59 Å². The van der Waals surface area contributed by atoms with Crippen LogP contribution in [0.4, 0.5) is 5.82 Å². The zero-order valence-electron chi connectivity index (χ0n) is 14.3. The number of nitrogens with one attached hydrogen (secondary N) is 1. The van der Waals surface area contributed by atoms with Crippen LogP contribution in [0.3, 0.4) is 0 Å². The topological polar surface area (TPSA) is 101 Å². The highest BCUT2D eigenvalue weighted by molar-refractivity contribution is 7.99. The second kappa shape index (κ2) is 7.57. The average molecular weight is 380 g/mol. The molecule has 3 rings (SSSR count). The zero-order chi connectivity index (χ0) is 18.0. The van der Waals surface area contributed by atoms with Gasteiger partial charge in [-0.25, -0.2) is 9.97 Å². The van der Waals surface area contributed by atoms with Crippen molar-refractivity contribution in [1.29, 1.82) is 0 Å². The zero-order valence-corrected chi connectivity index (χ0v) is 15.9. The summed E-state index contributed by atoms with van der Waals surface area (Å²) in [4.78, 5) is 36.1. The number of thiophene rings is 1. The number of likely N-dealkylation sites (N-methyl/N-ethyl adjacent to an activating group) is 2. The number of aromatic nitrogens is 2. The fraction of sp³-hybridized carbons (Fsp3) is 0.500. The van der Waals surface area contributed by atoms with E-state index < -0.39 is 0 Å². The smallest absolute Gasteiger partial charge is 0.239 e. The van der Waals surface area contributed by atoms with Crippen LogP contribution in [0.1, 0.15) is 23.3 Å². The molecule has 0 spiro atoms. The van der Waals surface area contributed by atoms with Crippen molar-refractivity contribution in [3.63, 3.8) is 0 Å². The van der Waals surface area contributed by atoms with Gasteiger partial charge in [-0.15, -0.1) is 11.3 Å². The highest BCUT2D eigenvalue weighted by atomic mass is 32.2. The van der Waals surface area contributed by atoms with Crippen LogP contribution in [0.2, 0.25) is 0 Å². The summed E-state index contributed by atoms with van der Waals surface area (Å²) in [5.74, 6) is 0.315. The molecule has 0 aliphatic heterocycles. The lowest BCUT2D eigenvalue weighted by Crippen LogP contribution is -2.37. The van der Waals surface area contributed by atoms with E-state index in [2.05, 4.69) is 15.3 Å². The Kier molecular flexibility index (Phi) is 5.43. The lowest BCUT2D eigenvalue weighted by atomic mass is 9.97. The van der Waals surface area contributed by atoms with E-state index in [1.807, 2.05) is 0 Å². The summed E-state index contributed by atoms with van der Waals surface area (Å²) >= 11 is 2.94. The van der Waals surface area contributed by atoms with E-state index in [0.29, 0.717) is 11.0 Å². The Balaban J connectivity index is 1.72. The summed E-state index contributed by atoms with van der Waals surface area (Å²) in [6.45, 7) is 0.0373. The fourth-order valence-corrected chi connectivity index (χ4v) is 4.97. The molecule has 3 N–H and O–H groups in total. The van der Waals surface area contributed by atoms with E-state index in [-0.39, 0.29) is 24.1 Å². The Morgan fingerprint density at radius 1 is 1.32 bits per heavy atom. The number of fused-ring (bicyclic) bond motifs is 3. The molecule has 134 valence electrons. The van der Waals surface area contributed by atoms with Crippen LogP contribution >= 0.6 is 23.1 Å². The largest absolute Gasteiger partial charge is 0.383 e. The maximum atomic E-state index is 12.1. The van der Waals surface area contributed by atoms with Gasteiger partial charge in [-0.2, -0.15) is 0 Å². The Morgan fingerprint density at radius 2 is 2.08 bits per heavy atom. The molecule has 2 heterocycles. The molecule has 9 heteroatoms. The number of nitrogen functional groups attached to an aromatic ring is 1. The quantitative estimate of drug-likeness (QED) is 0.602. The van der Waals surface area contributed by atoms with Gasteiger partial charge in [0.05, 0.1) is 17.7 Å². The van der Waals surface area contributed by atoms with Crippen LogP contribution in [-0.2, 0) is 22.4 Å². The van der Waals surface area contributed by atoms with Gasteiger partial charge in [0.1, 0.15) is 10.6 Å². The van der Waals surface area contributed by atoms with E-state index in [1.54, 1.807) is 25.4 Å². The normalized spacial score (nSPS) is 13.5. The maximum Gasteiger partial charge on any atom is 0.239 e. The third kappa shape index (κ3) is 3.87. The summed E-state index contributed by atoms with van der Waals surface area (Å²) in [5, 5.41) is 3.99. The van der Waals surface area contributed by atoms with Crippen LogP contribution < -0.4 is 11.1 Å². The SMILES string of the molecule is CNC(=O)CN(C)C(=O)CSc1nc(N)c2c3c(sc2n1)CCCC3. The molecular weight excluding hydrogens is 358 g/mol. The fourth-order valence-electron chi connectivity index (χ4n) is 2.85. The highest BCUT2D eigenvalue weighted by Crippen LogP contribution is 2.38. The van der Waals surface area contributed by atoms with Gasteiger partial charge in [-0.1, -0.05) is 11.8 Å². The van der Waals surface area contributed by atoms with Crippen molar-refractivity contribution in [2.24, 2.45) is 0 Å². The number of thioether (sulfide) groups is 1. The first kappa shape index (κ1) is 17.9. The van der Waals surface area contributed by atoms with E-state index >= 15 is 0 Å². The maximum absolute atomic E-state index is 12.1. The van der Waals surface area contributed by atoms with E-state index in [4.69, 9.17) is 5.73 Å². The molecule has 25 heavy (non-hydrogen) atoms. The molecular formula is C16H21N5O2S2. The lowest BCUT2D eigenvalue weighted by Gasteiger charge is -2.15. The Labute approximate surface area is 154 Å². The molecule has 0 atom stereocenters. The molecule has 1 aliphatic rings. The van der Waals surface area contributed by atoms with E-state index in [0.717, 1.165) is 23.1 Å². The minimum Gasteiger partial charge on any atom is -0.383 e. The predicted octanol–water partition coefficient (Wildman–Crippen LogP) is 1.45.